The van der Waals surface area contributed by atoms with Gasteiger partial charge in [-0.3, -0.25) is 9.69 Å². The Kier molecular flexibility index (Phi) is 6.24. The second kappa shape index (κ2) is 8.81. The summed E-state index contributed by atoms with van der Waals surface area (Å²) in [4.78, 5) is 14.4. The van der Waals surface area contributed by atoms with Crippen LogP contribution in [0.2, 0.25) is 0 Å². The molecule has 3 rings (SSSR count). The monoisotopic (exact) mass is 349 g/mol. The zero-order valence-electron chi connectivity index (χ0n) is 15.4. The number of hydrogen-bond donors (Lipinski definition) is 0. The Balaban J connectivity index is 1.63. The number of rotatable bonds is 6. The van der Waals surface area contributed by atoms with Gasteiger partial charge in [-0.15, -0.1) is 0 Å². The van der Waals surface area contributed by atoms with Crippen LogP contribution in [0.5, 0.6) is 0 Å². The molecule has 3 nitrogen and oxygen atoms in total. The van der Waals surface area contributed by atoms with E-state index >= 15 is 0 Å². The Morgan fingerprint density at radius 2 is 1.65 bits per heavy atom. The Labute approximate surface area is 156 Å². The maximum atomic E-state index is 12.0. The lowest BCUT2D eigenvalue weighted by atomic mass is 9.84. The largest absolute Gasteiger partial charge is 0.454 e. The first-order chi connectivity index (χ1) is 12.7. The molecule has 0 saturated carbocycles. The second-order valence-electron chi connectivity index (χ2n) is 6.80. The SMILES string of the molecule is CCC(=O)OC1(c2ccccc2)CCN(C/C=C/c2ccccc2)CC1. The summed E-state index contributed by atoms with van der Waals surface area (Å²) in [6, 6.07) is 20.5. The third-order valence-electron chi connectivity index (χ3n) is 5.03. The number of nitrogens with zero attached hydrogens (tertiary/aromatic N) is 1. The van der Waals surface area contributed by atoms with E-state index in [0.717, 1.165) is 38.0 Å². The summed E-state index contributed by atoms with van der Waals surface area (Å²) in [6.07, 6.45) is 6.46. The third kappa shape index (κ3) is 4.61. The van der Waals surface area contributed by atoms with E-state index in [1.807, 2.05) is 31.2 Å². The van der Waals surface area contributed by atoms with Gasteiger partial charge in [0.15, 0.2) is 0 Å². The van der Waals surface area contributed by atoms with E-state index in [9.17, 15) is 4.79 Å². The Morgan fingerprint density at radius 1 is 1.04 bits per heavy atom. The highest BCUT2D eigenvalue weighted by molar-refractivity contribution is 5.69. The van der Waals surface area contributed by atoms with Crippen LogP contribution in [0.25, 0.3) is 6.08 Å². The predicted molar refractivity (Wildman–Crippen MR) is 106 cm³/mol. The zero-order valence-corrected chi connectivity index (χ0v) is 15.4. The van der Waals surface area contributed by atoms with Crippen LogP contribution >= 0.6 is 0 Å². The molecule has 26 heavy (non-hydrogen) atoms. The minimum absolute atomic E-state index is 0.119. The molecule has 1 aliphatic rings. The molecule has 1 aliphatic heterocycles. The van der Waals surface area contributed by atoms with Gasteiger partial charge in [-0.1, -0.05) is 79.7 Å². The topological polar surface area (TPSA) is 29.5 Å². The van der Waals surface area contributed by atoms with Gasteiger partial charge in [0.1, 0.15) is 5.60 Å². The molecule has 0 amide bonds. The van der Waals surface area contributed by atoms with Crippen molar-refractivity contribution in [2.75, 3.05) is 19.6 Å². The number of esters is 1. The molecule has 2 aromatic carbocycles. The molecule has 0 atom stereocenters. The van der Waals surface area contributed by atoms with Crippen molar-refractivity contribution in [1.29, 1.82) is 0 Å². The van der Waals surface area contributed by atoms with Crippen molar-refractivity contribution in [2.24, 2.45) is 0 Å². The van der Waals surface area contributed by atoms with Crippen molar-refractivity contribution in [3.63, 3.8) is 0 Å². The Hall–Kier alpha value is -2.39. The number of piperidine rings is 1. The first-order valence-electron chi connectivity index (χ1n) is 9.43. The highest BCUT2D eigenvalue weighted by Gasteiger charge is 2.39. The van der Waals surface area contributed by atoms with Gasteiger partial charge in [0.25, 0.3) is 0 Å². The lowest BCUT2D eigenvalue weighted by Crippen LogP contribution is -2.45. The average molecular weight is 349 g/mol. The normalized spacial score (nSPS) is 17.3. The quantitative estimate of drug-likeness (QED) is 0.711. The van der Waals surface area contributed by atoms with Crippen molar-refractivity contribution in [3.05, 3.63) is 77.9 Å². The van der Waals surface area contributed by atoms with E-state index in [-0.39, 0.29) is 5.97 Å². The minimum atomic E-state index is -0.478. The first-order valence-corrected chi connectivity index (χ1v) is 9.43. The maximum Gasteiger partial charge on any atom is 0.306 e. The van der Waals surface area contributed by atoms with Crippen LogP contribution in [-0.2, 0) is 15.1 Å². The van der Waals surface area contributed by atoms with E-state index in [2.05, 4.69) is 53.5 Å². The average Bonchev–Trinajstić information content (AvgIpc) is 2.71. The van der Waals surface area contributed by atoms with Crippen molar-refractivity contribution >= 4 is 12.0 Å². The molecular weight excluding hydrogens is 322 g/mol. The van der Waals surface area contributed by atoms with Crippen molar-refractivity contribution < 1.29 is 9.53 Å². The third-order valence-corrected chi connectivity index (χ3v) is 5.03. The van der Waals surface area contributed by atoms with Gasteiger partial charge >= 0.3 is 5.97 Å². The molecular formula is C23H27NO2. The van der Waals surface area contributed by atoms with Crippen LogP contribution in [0.3, 0.4) is 0 Å². The van der Waals surface area contributed by atoms with Crippen LogP contribution in [-0.4, -0.2) is 30.5 Å². The number of hydrogen-bond acceptors (Lipinski definition) is 3. The fraction of sp³-hybridized carbons (Fsp3) is 0.348. The molecule has 136 valence electrons. The second-order valence-corrected chi connectivity index (χ2v) is 6.80. The number of ether oxygens (including phenoxy) is 1. The molecule has 0 unspecified atom stereocenters. The molecule has 3 heteroatoms. The van der Waals surface area contributed by atoms with E-state index in [4.69, 9.17) is 4.74 Å². The first kappa shape index (κ1) is 18.4. The molecule has 1 heterocycles. The number of carbonyl (C=O) groups excluding carboxylic acids is 1. The van der Waals surface area contributed by atoms with Gasteiger partial charge in [0, 0.05) is 38.9 Å². The van der Waals surface area contributed by atoms with Gasteiger partial charge < -0.3 is 4.74 Å². The van der Waals surface area contributed by atoms with Gasteiger partial charge in [0.05, 0.1) is 0 Å². The van der Waals surface area contributed by atoms with Crippen molar-refractivity contribution in [1.82, 2.24) is 4.90 Å². The van der Waals surface area contributed by atoms with Crippen LogP contribution < -0.4 is 0 Å². The fourth-order valence-electron chi connectivity index (χ4n) is 3.48. The summed E-state index contributed by atoms with van der Waals surface area (Å²) in [5, 5.41) is 0. The molecule has 0 N–H and O–H groups in total. The summed E-state index contributed by atoms with van der Waals surface area (Å²) in [5.41, 5.74) is 1.86. The van der Waals surface area contributed by atoms with Crippen LogP contribution in [0, 0.1) is 0 Å². The number of benzene rings is 2. The predicted octanol–water partition coefficient (Wildman–Crippen LogP) is 4.64. The minimum Gasteiger partial charge on any atom is -0.454 e. The smallest absolute Gasteiger partial charge is 0.306 e. The van der Waals surface area contributed by atoms with Gasteiger partial charge in [0.2, 0.25) is 0 Å². The van der Waals surface area contributed by atoms with Crippen LogP contribution in [0.15, 0.2) is 66.7 Å². The summed E-state index contributed by atoms with van der Waals surface area (Å²) in [6.45, 7) is 4.61. The van der Waals surface area contributed by atoms with E-state index in [1.54, 1.807) is 0 Å². The summed E-state index contributed by atoms with van der Waals surface area (Å²) < 4.78 is 5.95. The Morgan fingerprint density at radius 3 is 2.27 bits per heavy atom. The van der Waals surface area contributed by atoms with Crippen molar-refractivity contribution in [2.45, 2.75) is 31.8 Å². The molecule has 0 radical (unpaired) electrons. The molecule has 0 spiro atoms. The zero-order chi connectivity index (χ0) is 18.2. The van der Waals surface area contributed by atoms with E-state index < -0.39 is 5.60 Å². The number of carbonyl (C=O) groups is 1. The van der Waals surface area contributed by atoms with E-state index in [1.165, 1.54) is 5.56 Å². The summed E-state index contributed by atoms with van der Waals surface area (Å²) in [5.74, 6) is -0.119. The highest BCUT2D eigenvalue weighted by Crippen LogP contribution is 2.37. The van der Waals surface area contributed by atoms with Crippen LogP contribution in [0.1, 0.15) is 37.3 Å². The van der Waals surface area contributed by atoms with E-state index in [0.29, 0.717) is 6.42 Å². The Bertz CT molecular complexity index is 716. The van der Waals surface area contributed by atoms with Crippen LogP contribution in [0.4, 0.5) is 0 Å². The molecule has 1 saturated heterocycles. The maximum absolute atomic E-state index is 12.0. The molecule has 0 bridgehead atoms. The fourth-order valence-corrected chi connectivity index (χ4v) is 3.48. The van der Waals surface area contributed by atoms with Gasteiger partial charge in [-0.2, -0.15) is 0 Å². The lowest BCUT2D eigenvalue weighted by molar-refractivity contribution is -0.166. The molecule has 1 fully saturated rings. The number of likely N-dealkylation sites (tertiary alicyclic amines) is 1. The highest BCUT2D eigenvalue weighted by atomic mass is 16.6. The molecule has 0 aliphatic carbocycles. The standard InChI is InChI=1S/C23H27NO2/c1-2-22(25)26-23(21-13-7-4-8-14-21)15-18-24(19-16-23)17-9-12-20-10-5-3-6-11-20/h3-14H,2,15-19H2,1H3/b12-9+. The molecule has 0 aromatic heterocycles. The van der Waals surface area contributed by atoms with Gasteiger partial charge in [-0.25, -0.2) is 0 Å². The molecule has 2 aromatic rings. The lowest BCUT2D eigenvalue weighted by Gasteiger charge is -2.41. The summed E-state index contributed by atoms with van der Waals surface area (Å²) >= 11 is 0. The van der Waals surface area contributed by atoms with Crippen molar-refractivity contribution in [3.8, 4) is 0 Å². The summed E-state index contributed by atoms with van der Waals surface area (Å²) in [7, 11) is 0. The van der Waals surface area contributed by atoms with Gasteiger partial charge in [-0.05, 0) is 11.1 Å².